The number of thiocarbonyl (C=S) groups is 1. The molecule has 1 rings (SSSR count). The summed E-state index contributed by atoms with van der Waals surface area (Å²) in [6.07, 6.45) is 0.896. The van der Waals surface area contributed by atoms with Crippen molar-refractivity contribution in [1.82, 2.24) is 0 Å². The maximum absolute atomic E-state index is 11.1. The van der Waals surface area contributed by atoms with Gasteiger partial charge in [-0.2, -0.15) is 0 Å². The van der Waals surface area contributed by atoms with Crippen LogP contribution in [0.15, 0.2) is 30.3 Å². The van der Waals surface area contributed by atoms with E-state index < -0.39 is 0 Å². The van der Waals surface area contributed by atoms with Crippen molar-refractivity contribution in [1.29, 1.82) is 0 Å². The molecule has 0 fully saturated rings. The zero-order valence-electron chi connectivity index (χ0n) is 8.73. The number of benzene rings is 1. The molecule has 0 aliphatic carbocycles. The molecule has 1 aromatic carbocycles. The molecule has 0 aromatic heterocycles. The van der Waals surface area contributed by atoms with Crippen molar-refractivity contribution in [2.75, 3.05) is 6.61 Å². The first kappa shape index (κ1) is 11.9. The van der Waals surface area contributed by atoms with Crippen molar-refractivity contribution in [3.8, 4) is 0 Å². The van der Waals surface area contributed by atoms with Gasteiger partial charge in [0.2, 0.25) is 0 Å². The minimum absolute atomic E-state index is 0.234. The van der Waals surface area contributed by atoms with E-state index in [-0.39, 0.29) is 12.4 Å². The Morgan fingerprint density at radius 1 is 1.33 bits per heavy atom. The molecule has 0 amide bonds. The van der Waals surface area contributed by atoms with Gasteiger partial charge in [-0.3, -0.25) is 4.79 Å². The van der Waals surface area contributed by atoms with Gasteiger partial charge in [0.05, 0.1) is 13.0 Å². The Morgan fingerprint density at radius 3 is 2.60 bits per heavy atom. The van der Waals surface area contributed by atoms with E-state index in [1.54, 1.807) is 6.92 Å². The molecule has 0 saturated carbocycles. The molecular weight excluding hydrogens is 208 g/mol. The molecule has 0 spiro atoms. The lowest BCUT2D eigenvalue weighted by Gasteiger charge is -2.03. The summed E-state index contributed by atoms with van der Waals surface area (Å²) in [7, 11) is 0. The summed E-state index contributed by atoms with van der Waals surface area (Å²) in [4.78, 5) is 11.9. The highest BCUT2D eigenvalue weighted by Crippen LogP contribution is 2.04. The third kappa shape index (κ3) is 4.70. The fraction of sp³-hybridized carbons (Fsp3) is 0.333. The second-order valence-electron chi connectivity index (χ2n) is 3.18. The maximum atomic E-state index is 11.1. The standard InChI is InChI=1S/C12H14O2S/c1-2-14-12(13)9-11(15)8-10-6-4-3-5-7-10/h3-7H,2,8-9H2,1H3. The summed E-state index contributed by atoms with van der Waals surface area (Å²) < 4.78 is 4.82. The van der Waals surface area contributed by atoms with Gasteiger partial charge in [0.15, 0.2) is 0 Å². The van der Waals surface area contributed by atoms with E-state index in [1.165, 1.54) is 0 Å². The second-order valence-corrected chi connectivity index (χ2v) is 3.76. The molecule has 15 heavy (non-hydrogen) atoms. The molecule has 0 atom stereocenters. The number of carbonyl (C=O) groups is 1. The van der Waals surface area contributed by atoms with Crippen molar-refractivity contribution in [2.45, 2.75) is 19.8 Å². The number of ether oxygens (including phenoxy) is 1. The first-order valence-electron chi connectivity index (χ1n) is 4.93. The fourth-order valence-corrected chi connectivity index (χ4v) is 1.54. The third-order valence-corrected chi connectivity index (χ3v) is 2.18. The van der Waals surface area contributed by atoms with Crippen LogP contribution < -0.4 is 0 Å². The number of carbonyl (C=O) groups excluding carboxylic acids is 1. The number of hydrogen-bond donors (Lipinski definition) is 0. The molecular formula is C12H14O2S. The van der Waals surface area contributed by atoms with Crippen LogP contribution in [0.1, 0.15) is 18.9 Å². The molecule has 0 aliphatic rings. The van der Waals surface area contributed by atoms with Gasteiger partial charge in [-0.1, -0.05) is 42.5 Å². The molecule has 0 N–H and O–H groups in total. The number of esters is 1. The summed E-state index contributed by atoms with van der Waals surface area (Å²) in [5, 5.41) is 0. The van der Waals surface area contributed by atoms with Gasteiger partial charge < -0.3 is 4.74 Å². The van der Waals surface area contributed by atoms with Crippen molar-refractivity contribution in [2.24, 2.45) is 0 Å². The van der Waals surface area contributed by atoms with Crippen LogP contribution in [0, 0.1) is 0 Å². The quantitative estimate of drug-likeness (QED) is 0.565. The van der Waals surface area contributed by atoms with E-state index >= 15 is 0 Å². The minimum atomic E-state index is -0.238. The Labute approximate surface area is 95.3 Å². The second kappa shape index (κ2) is 6.30. The van der Waals surface area contributed by atoms with Crippen LogP contribution in [0.25, 0.3) is 0 Å². The minimum Gasteiger partial charge on any atom is -0.466 e. The zero-order valence-corrected chi connectivity index (χ0v) is 9.55. The molecule has 0 aliphatic heterocycles. The molecule has 1 aromatic rings. The lowest BCUT2D eigenvalue weighted by Crippen LogP contribution is -2.11. The summed E-state index contributed by atoms with van der Waals surface area (Å²) in [5.41, 5.74) is 1.13. The van der Waals surface area contributed by atoms with Crippen molar-refractivity contribution < 1.29 is 9.53 Å². The zero-order chi connectivity index (χ0) is 11.1. The first-order valence-corrected chi connectivity index (χ1v) is 5.34. The van der Waals surface area contributed by atoms with Gasteiger partial charge in [0, 0.05) is 11.3 Å². The molecule has 0 bridgehead atoms. The molecule has 3 heteroatoms. The number of rotatable bonds is 5. The predicted octanol–water partition coefficient (Wildman–Crippen LogP) is 2.55. The average molecular weight is 222 g/mol. The average Bonchev–Trinajstić information content (AvgIpc) is 2.19. The highest BCUT2D eigenvalue weighted by Gasteiger charge is 2.06. The SMILES string of the molecule is CCOC(=O)CC(=S)Cc1ccccc1. The highest BCUT2D eigenvalue weighted by atomic mass is 32.1. The summed E-state index contributed by atoms with van der Waals surface area (Å²) >= 11 is 5.13. The van der Waals surface area contributed by atoms with E-state index in [2.05, 4.69) is 0 Å². The van der Waals surface area contributed by atoms with Gasteiger partial charge in [-0.25, -0.2) is 0 Å². The molecule has 0 unspecified atom stereocenters. The molecule has 80 valence electrons. The largest absolute Gasteiger partial charge is 0.466 e. The van der Waals surface area contributed by atoms with Crippen LogP contribution in [-0.2, 0) is 16.0 Å². The van der Waals surface area contributed by atoms with Gasteiger partial charge in [0.25, 0.3) is 0 Å². The first-order chi connectivity index (χ1) is 7.22. The lowest BCUT2D eigenvalue weighted by molar-refractivity contribution is -0.141. The van der Waals surface area contributed by atoms with Crippen LogP contribution in [0.2, 0.25) is 0 Å². The van der Waals surface area contributed by atoms with Crippen LogP contribution in [-0.4, -0.2) is 17.4 Å². The topological polar surface area (TPSA) is 26.3 Å². The Bertz CT molecular complexity index is 333. The molecule has 2 nitrogen and oxygen atoms in total. The van der Waals surface area contributed by atoms with Crippen molar-refractivity contribution in [3.05, 3.63) is 35.9 Å². The lowest BCUT2D eigenvalue weighted by atomic mass is 10.1. The van der Waals surface area contributed by atoms with E-state index in [0.29, 0.717) is 13.0 Å². The van der Waals surface area contributed by atoms with Gasteiger partial charge in [-0.05, 0) is 12.5 Å². The third-order valence-electron chi connectivity index (χ3n) is 1.89. The summed E-state index contributed by atoms with van der Waals surface area (Å²) in [6.45, 7) is 2.20. The van der Waals surface area contributed by atoms with Crippen LogP contribution in [0.4, 0.5) is 0 Å². The summed E-state index contributed by atoms with van der Waals surface area (Å²) in [6, 6.07) is 9.87. The van der Waals surface area contributed by atoms with E-state index in [9.17, 15) is 4.79 Å². The maximum Gasteiger partial charge on any atom is 0.310 e. The molecule has 0 heterocycles. The van der Waals surface area contributed by atoms with E-state index in [4.69, 9.17) is 17.0 Å². The van der Waals surface area contributed by atoms with Crippen LogP contribution >= 0.6 is 12.2 Å². The van der Waals surface area contributed by atoms with Gasteiger partial charge in [-0.15, -0.1) is 0 Å². The normalized spacial score (nSPS) is 9.67. The number of hydrogen-bond acceptors (Lipinski definition) is 3. The van der Waals surface area contributed by atoms with Crippen LogP contribution in [0.5, 0.6) is 0 Å². The summed E-state index contributed by atoms with van der Waals surface area (Å²) in [5.74, 6) is -0.238. The highest BCUT2D eigenvalue weighted by molar-refractivity contribution is 7.80. The van der Waals surface area contributed by atoms with E-state index in [0.717, 1.165) is 10.4 Å². The smallest absolute Gasteiger partial charge is 0.310 e. The van der Waals surface area contributed by atoms with Crippen LogP contribution in [0.3, 0.4) is 0 Å². The Kier molecular flexibility index (Phi) is 4.98. The van der Waals surface area contributed by atoms with Gasteiger partial charge >= 0.3 is 5.97 Å². The van der Waals surface area contributed by atoms with Gasteiger partial charge in [0.1, 0.15) is 0 Å². The van der Waals surface area contributed by atoms with Crippen molar-refractivity contribution >= 4 is 23.1 Å². The Morgan fingerprint density at radius 2 is 2.00 bits per heavy atom. The van der Waals surface area contributed by atoms with E-state index in [1.807, 2.05) is 30.3 Å². The predicted molar refractivity (Wildman–Crippen MR) is 64.0 cm³/mol. The van der Waals surface area contributed by atoms with Crippen molar-refractivity contribution in [3.63, 3.8) is 0 Å². The molecule has 0 radical (unpaired) electrons. The fourth-order valence-electron chi connectivity index (χ4n) is 1.26. The Balaban J connectivity index is 2.40. The monoisotopic (exact) mass is 222 g/mol. The molecule has 0 saturated heterocycles. The Hall–Kier alpha value is -1.22.